The lowest BCUT2D eigenvalue weighted by molar-refractivity contribution is -0.121. The van der Waals surface area contributed by atoms with Crippen LogP contribution in [0.4, 0.5) is 5.13 Å². The van der Waals surface area contributed by atoms with Crippen LogP contribution in [0.1, 0.15) is 54.3 Å². The van der Waals surface area contributed by atoms with Crippen LogP contribution in [0.15, 0.2) is 53.2 Å². The molecule has 0 aliphatic heterocycles. The molecule has 162 valence electrons. The van der Waals surface area contributed by atoms with E-state index in [1.165, 1.54) is 36.2 Å². The fourth-order valence-corrected chi connectivity index (χ4v) is 5.60. The number of thiazole rings is 1. The summed E-state index contributed by atoms with van der Waals surface area (Å²) in [6.07, 6.45) is 6.59. The fourth-order valence-electron chi connectivity index (χ4n) is 4.17. The first-order valence-electron chi connectivity index (χ1n) is 10.8. The predicted molar refractivity (Wildman–Crippen MR) is 126 cm³/mol. The number of rotatable bonds is 8. The number of hydrogen-bond donors (Lipinski definition) is 2. The van der Waals surface area contributed by atoms with Gasteiger partial charge >= 0.3 is 0 Å². The number of hydrogen-bond acceptors (Lipinski definition) is 5. The van der Waals surface area contributed by atoms with Crippen LogP contribution < -0.4 is 10.6 Å². The number of benzene rings is 1. The average molecular weight is 454 g/mol. The van der Waals surface area contributed by atoms with Gasteiger partial charge in [-0.3, -0.25) is 9.59 Å². The van der Waals surface area contributed by atoms with Crippen molar-refractivity contribution in [1.82, 2.24) is 10.3 Å². The molecule has 0 spiro atoms. The maximum absolute atomic E-state index is 12.8. The molecule has 1 atom stereocenters. The van der Waals surface area contributed by atoms with Gasteiger partial charge in [0.05, 0.1) is 24.6 Å². The number of aromatic nitrogens is 1. The van der Waals surface area contributed by atoms with Crippen LogP contribution in [0.5, 0.6) is 0 Å². The molecule has 0 saturated heterocycles. The summed E-state index contributed by atoms with van der Waals surface area (Å²) in [4.78, 5) is 30.5. The molecule has 4 rings (SSSR count). The molecule has 1 unspecified atom stereocenters. The highest BCUT2D eigenvalue weighted by molar-refractivity contribution is 7.14. The highest BCUT2D eigenvalue weighted by Gasteiger charge is 2.26. The zero-order valence-corrected chi connectivity index (χ0v) is 19.0. The van der Waals surface area contributed by atoms with Gasteiger partial charge in [-0.2, -0.15) is 0 Å². The summed E-state index contributed by atoms with van der Waals surface area (Å²) in [5.74, 6) is 0.359. The summed E-state index contributed by atoms with van der Waals surface area (Å²) in [7, 11) is 0. The maximum Gasteiger partial charge on any atom is 0.231 e. The van der Waals surface area contributed by atoms with E-state index in [0.29, 0.717) is 23.2 Å². The minimum absolute atomic E-state index is 0.0267. The van der Waals surface area contributed by atoms with Gasteiger partial charge in [-0.25, -0.2) is 4.98 Å². The molecule has 2 aromatic heterocycles. The zero-order chi connectivity index (χ0) is 21.5. The second kappa shape index (κ2) is 10.7. The number of amides is 2. The Morgan fingerprint density at radius 1 is 0.968 bits per heavy atom. The summed E-state index contributed by atoms with van der Waals surface area (Å²) in [6, 6.07) is 14.2. The normalized spacial score (nSPS) is 15.4. The van der Waals surface area contributed by atoms with E-state index in [4.69, 9.17) is 0 Å². The monoisotopic (exact) mass is 453 g/mol. The Balaban J connectivity index is 1.35. The van der Waals surface area contributed by atoms with Crippen molar-refractivity contribution < 1.29 is 9.59 Å². The van der Waals surface area contributed by atoms with Crippen molar-refractivity contribution in [1.29, 1.82) is 0 Å². The van der Waals surface area contributed by atoms with Crippen LogP contribution in [0, 0.1) is 5.92 Å². The number of anilines is 1. The molecule has 5 nitrogen and oxygen atoms in total. The molecule has 1 aromatic carbocycles. The standard InChI is InChI=1S/C24H27N3O2S2/c28-21(26-23(17-8-3-1-4-9-17)18-10-5-2-6-11-18)14-19-16-31-24(25-19)27-22(29)15-20-12-7-13-30-20/h1,3-4,7-9,12-13,16,18,23H,2,5-6,10-11,14-15H2,(H,26,28)(H,25,27,29). The largest absolute Gasteiger partial charge is 0.349 e. The predicted octanol–water partition coefficient (Wildman–Crippen LogP) is 5.37. The van der Waals surface area contributed by atoms with Crippen molar-refractivity contribution in [3.8, 4) is 0 Å². The molecule has 1 fully saturated rings. The third-order valence-corrected chi connectivity index (χ3v) is 7.33. The van der Waals surface area contributed by atoms with Gasteiger partial charge in [-0.1, -0.05) is 55.7 Å². The number of nitrogens with zero attached hydrogens (tertiary/aromatic N) is 1. The maximum atomic E-state index is 12.8. The Kier molecular flexibility index (Phi) is 7.48. The second-order valence-corrected chi connectivity index (χ2v) is 9.87. The molecule has 7 heteroatoms. The molecule has 0 radical (unpaired) electrons. The molecule has 0 bridgehead atoms. The van der Waals surface area contributed by atoms with Crippen molar-refractivity contribution in [2.24, 2.45) is 5.92 Å². The molecule has 3 aromatic rings. The van der Waals surface area contributed by atoms with Crippen molar-refractivity contribution in [3.63, 3.8) is 0 Å². The van der Waals surface area contributed by atoms with Gasteiger partial charge in [0.1, 0.15) is 0 Å². The third kappa shape index (κ3) is 6.24. The SMILES string of the molecule is O=C(Cc1cccs1)Nc1nc(CC(=O)NC(c2ccccc2)C2CCCCC2)cs1. The fraction of sp³-hybridized carbons (Fsp3) is 0.375. The van der Waals surface area contributed by atoms with Gasteiger partial charge in [0.15, 0.2) is 5.13 Å². The first-order chi connectivity index (χ1) is 15.2. The van der Waals surface area contributed by atoms with Crippen LogP contribution in [-0.4, -0.2) is 16.8 Å². The Labute approximate surface area is 190 Å². The van der Waals surface area contributed by atoms with Crippen LogP contribution >= 0.6 is 22.7 Å². The quantitative estimate of drug-likeness (QED) is 0.482. The lowest BCUT2D eigenvalue weighted by atomic mass is 9.81. The van der Waals surface area contributed by atoms with E-state index >= 15 is 0 Å². The van der Waals surface area contributed by atoms with Gasteiger partial charge in [0, 0.05) is 10.3 Å². The zero-order valence-electron chi connectivity index (χ0n) is 17.4. The van der Waals surface area contributed by atoms with E-state index < -0.39 is 0 Å². The Hall–Kier alpha value is -2.51. The number of carbonyl (C=O) groups is 2. The molecule has 2 N–H and O–H groups in total. The van der Waals surface area contributed by atoms with Gasteiger partial charge < -0.3 is 10.6 Å². The van der Waals surface area contributed by atoms with E-state index in [0.717, 1.165) is 17.7 Å². The summed E-state index contributed by atoms with van der Waals surface area (Å²) in [5, 5.41) is 10.4. The molecule has 1 aliphatic rings. The van der Waals surface area contributed by atoms with Crippen molar-refractivity contribution >= 4 is 39.6 Å². The minimum atomic E-state index is -0.0887. The number of nitrogens with one attached hydrogen (secondary N) is 2. The molecular formula is C24H27N3O2S2. The van der Waals surface area contributed by atoms with Gasteiger partial charge in [-0.15, -0.1) is 22.7 Å². The topological polar surface area (TPSA) is 71.1 Å². The molecule has 2 amide bonds. The van der Waals surface area contributed by atoms with Gasteiger partial charge in [0.2, 0.25) is 11.8 Å². The molecule has 31 heavy (non-hydrogen) atoms. The Morgan fingerprint density at radius 3 is 2.52 bits per heavy atom. The van der Waals surface area contributed by atoms with Crippen LogP contribution in [0.3, 0.4) is 0 Å². The van der Waals surface area contributed by atoms with E-state index in [2.05, 4.69) is 27.8 Å². The van der Waals surface area contributed by atoms with Crippen molar-refractivity contribution in [2.75, 3.05) is 5.32 Å². The molecular weight excluding hydrogens is 426 g/mol. The lowest BCUT2D eigenvalue weighted by Gasteiger charge is -2.31. The summed E-state index contributed by atoms with van der Waals surface area (Å²) < 4.78 is 0. The third-order valence-electron chi connectivity index (χ3n) is 5.65. The van der Waals surface area contributed by atoms with E-state index in [1.54, 1.807) is 11.3 Å². The van der Waals surface area contributed by atoms with Crippen LogP contribution in [-0.2, 0) is 22.4 Å². The van der Waals surface area contributed by atoms with Crippen LogP contribution in [0.25, 0.3) is 0 Å². The number of carbonyl (C=O) groups excluding carboxylic acids is 2. The van der Waals surface area contributed by atoms with E-state index in [9.17, 15) is 9.59 Å². The summed E-state index contributed by atoms with van der Waals surface area (Å²) in [6.45, 7) is 0. The van der Waals surface area contributed by atoms with E-state index in [1.807, 2.05) is 41.1 Å². The first kappa shape index (κ1) is 21.7. The van der Waals surface area contributed by atoms with Crippen molar-refractivity contribution in [3.05, 3.63) is 69.4 Å². The molecule has 1 aliphatic carbocycles. The average Bonchev–Trinajstić information content (AvgIpc) is 3.45. The van der Waals surface area contributed by atoms with E-state index in [-0.39, 0.29) is 24.3 Å². The minimum Gasteiger partial charge on any atom is -0.349 e. The lowest BCUT2D eigenvalue weighted by Crippen LogP contribution is -2.35. The first-order valence-corrected chi connectivity index (χ1v) is 12.5. The Morgan fingerprint density at radius 2 is 1.77 bits per heavy atom. The Bertz CT molecular complexity index is 979. The van der Waals surface area contributed by atoms with Gasteiger partial charge in [0.25, 0.3) is 0 Å². The van der Waals surface area contributed by atoms with Crippen molar-refractivity contribution in [2.45, 2.75) is 51.0 Å². The second-order valence-electron chi connectivity index (χ2n) is 7.98. The molecule has 1 saturated carbocycles. The summed E-state index contributed by atoms with van der Waals surface area (Å²) >= 11 is 2.92. The highest BCUT2D eigenvalue weighted by Crippen LogP contribution is 2.34. The van der Waals surface area contributed by atoms with Crippen LogP contribution in [0.2, 0.25) is 0 Å². The summed E-state index contributed by atoms with van der Waals surface area (Å²) in [5.41, 5.74) is 1.85. The number of thiophene rings is 1. The molecule has 2 heterocycles. The van der Waals surface area contributed by atoms with Gasteiger partial charge in [-0.05, 0) is 35.8 Å². The highest BCUT2D eigenvalue weighted by atomic mass is 32.1. The smallest absolute Gasteiger partial charge is 0.231 e.